The lowest BCUT2D eigenvalue weighted by atomic mass is 9.96. The van der Waals surface area contributed by atoms with E-state index < -0.39 is 0 Å². The maximum absolute atomic E-state index is 13.2. The molecular formula is C25H27FN4O2. The van der Waals surface area contributed by atoms with Crippen LogP contribution in [0.5, 0.6) is 5.75 Å². The van der Waals surface area contributed by atoms with Gasteiger partial charge in [-0.25, -0.2) is 9.07 Å². The Bertz CT molecular complexity index is 1120. The summed E-state index contributed by atoms with van der Waals surface area (Å²) in [5.41, 5.74) is 3.15. The van der Waals surface area contributed by atoms with Crippen LogP contribution in [0.2, 0.25) is 0 Å². The first-order valence-corrected chi connectivity index (χ1v) is 10.8. The van der Waals surface area contributed by atoms with E-state index in [9.17, 15) is 14.3 Å². The van der Waals surface area contributed by atoms with E-state index in [2.05, 4.69) is 15.3 Å². The zero-order chi connectivity index (χ0) is 22.5. The highest BCUT2D eigenvalue weighted by Crippen LogP contribution is 2.26. The number of phenolic OH excluding ortho intramolecular Hbond substituents is 1. The van der Waals surface area contributed by atoms with Gasteiger partial charge in [-0.2, -0.15) is 5.10 Å². The second kappa shape index (κ2) is 9.78. The highest BCUT2D eigenvalue weighted by atomic mass is 19.1. The molecule has 1 amide bonds. The van der Waals surface area contributed by atoms with Crippen molar-refractivity contribution in [2.24, 2.45) is 5.92 Å². The number of likely N-dealkylation sites (tertiary alicyclic amines) is 1. The molecule has 3 aromatic rings. The lowest BCUT2D eigenvalue weighted by Gasteiger charge is -2.30. The molecule has 1 aliphatic rings. The molecule has 166 valence electrons. The van der Waals surface area contributed by atoms with Crippen molar-refractivity contribution >= 4 is 11.6 Å². The van der Waals surface area contributed by atoms with Crippen molar-refractivity contribution in [1.29, 1.82) is 0 Å². The molecule has 0 radical (unpaired) electrons. The van der Waals surface area contributed by atoms with Crippen LogP contribution in [0.25, 0.3) is 5.69 Å². The molecule has 1 aromatic heterocycles. The Morgan fingerprint density at radius 1 is 1.22 bits per heavy atom. The van der Waals surface area contributed by atoms with Crippen molar-refractivity contribution in [1.82, 2.24) is 14.7 Å². The summed E-state index contributed by atoms with van der Waals surface area (Å²) in [6, 6.07) is 13.5. The number of piperidine rings is 1. The third-order valence-electron chi connectivity index (χ3n) is 5.75. The lowest BCUT2D eigenvalue weighted by molar-refractivity contribution is -0.111. The molecular weight excluding hydrogens is 407 g/mol. The lowest BCUT2D eigenvalue weighted by Crippen LogP contribution is -2.32. The average Bonchev–Trinajstić information content (AvgIpc) is 3.19. The van der Waals surface area contributed by atoms with Gasteiger partial charge in [0.05, 0.1) is 0 Å². The van der Waals surface area contributed by atoms with Gasteiger partial charge in [-0.05, 0) is 86.8 Å². The van der Waals surface area contributed by atoms with Crippen molar-refractivity contribution in [2.45, 2.75) is 26.3 Å². The van der Waals surface area contributed by atoms with Gasteiger partial charge in [0.1, 0.15) is 17.3 Å². The minimum atomic E-state index is -0.376. The van der Waals surface area contributed by atoms with Crippen LogP contribution < -0.4 is 5.32 Å². The molecule has 32 heavy (non-hydrogen) atoms. The second-order valence-electron chi connectivity index (χ2n) is 8.18. The van der Waals surface area contributed by atoms with Crippen LogP contribution in [0, 0.1) is 18.7 Å². The molecule has 2 aromatic carbocycles. The van der Waals surface area contributed by atoms with E-state index in [0.717, 1.165) is 43.7 Å². The summed E-state index contributed by atoms with van der Waals surface area (Å²) in [4.78, 5) is 14.4. The number of benzene rings is 2. The smallest absolute Gasteiger partial charge is 0.248 e. The first-order chi connectivity index (χ1) is 15.5. The summed E-state index contributed by atoms with van der Waals surface area (Å²) in [7, 11) is 0. The standard InChI is InChI=1S/C25H27FN4O2/c1-18-9-12-27-30(18)23-7-5-20(15-24(23)31)17-29-13-10-19(11-14-29)6-8-25(32)28-22-4-2-3-21(26)16-22/h2-9,12,15-16,19,31H,10-11,13-14,17H2,1H3,(H,28,32)/b8-6-. The number of nitrogens with zero attached hydrogens (tertiary/aromatic N) is 3. The molecule has 0 aliphatic carbocycles. The largest absolute Gasteiger partial charge is 0.506 e. The van der Waals surface area contributed by atoms with E-state index in [1.54, 1.807) is 35.2 Å². The van der Waals surface area contributed by atoms with Gasteiger partial charge in [-0.3, -0.25) is 9.69 Å². The first-order valence-electron chi connectivity index (χ1n) is 10.8. The SMILES string of the molecule is Cc1ccnn1-c1ccc(CN2CCC(/C=C\C(=O)Nc3cccc(F)c3)CC2)cc1O. The molecule has 0 atom stereocenters. The third-order valence-corrected chi connectivity index (χ3v) is 5.75. The number of aryl methyl sites for hydroxylation is 1. The summed E-state index contributed by atoms with van der Waals surface area (Å²) < 4.78 is 14.9. The van der Waals surface area contributed by atoms with Gasteiger partial charge in [0.25, 0.3) is 0 Å². The Labute approximate surface area is 187 Å². The number of carbonyl (C=O) groups is 1. The van der Waals surface area contributed by atoms with Crippen LogP contribution in [-0.2, 0) is 11.3 Å². The van der Waals surface area contributed by atoms with E-state index in [1.807, 2.05) is 31.2 Å². The van der Waals surface area contributed by atoms with Crippen molar-refractivity contribution in [3.8, 4) is 11.4 Å². The number of anilines is 1. The molecule has 0 bridgehead atoms. The van der Waals surface area contributed by atoms with Gasteiger partial charge in [0.15, 0.2) is 0 Å². The van der Waals surface area contributed by atoms with E-state index in [4.69, 9.17) is 0 Å². The van der Waals surface area contributed by atoms with Crippen LogP contribution in [-0.4, -0.2) is 38.8 Å². The highest BCUT2D eigenvalue weighted by molar-refractivity contribution is 5.99. The minimum Gasteiger partial charge on any atom is -0.506 e. The van der Waals surface area contributed by atoms with E-state index in [1.165, 1.54) is 12.1 Å². The molecule has 1 aliphatic heterocycles. The van der Waals surface area contributed by atoms with E-state index >= 15 is 0 Å². The molecule has 0 unspecified atom stereocenters. The number of hydrogen-bond acceptors (Lipinski definition) is 4. The quantitative estimate of drug-likeness (QED) is 0.563. The Kier molecular flexibility index (Phi) is 6.66. The van der Waals surface area contributed by atoms with Gasteiger partial charge >= 0.3 is 0 Å². The fourth-order valence-electron chi connectivity index (χ4n) is 4.00. The van der Waals surface area contributed by atoms with Crippen LogP contribution >= 0.6 is 0 Å². The maximum atomic E-state index is 13.2. The van der Waals surface area contributed by atoms with Crippen LogP contribution in [0.4, 0.5) is 10.1 Å². The van der Waals surface area contributed by atoms with E-state index in [0.29, 0.717) is 17.3 Å². The molecule has 4 rings (SSSR count). The summed E-state index contributed by atoms with van der Waals surface area (Å²) in [6.07, 6.45) is 7.12. The van der Waals surface area contributed by atoms with Crippen molar-refractivity contribution < 1.29 is 14.3 Å². The van der Waals surface area contributed by atoms with Crippen molar-refractivity contribution in [3.05, 3.63) is 84.0 Å². The molecule has 2 N–H and O–H groups in total. The summed E-state index contributed by atoms with van der Waals surface area (Å²) in [6.45, 7) is 4.55. The first kappa shape index (κ1) is 21.8. The molecule has 0 spiro atoms. The number of hydrogen-bond donors (Lipinski definition) is 2. The molecule has 0 saturated carbocycles. The number of nitrogens with one attached hydrogen (secondary N) is 1. The maximum Gasteiger partial charge on any atom is 0.248 e. The molecule has 6 nitrogen and oxygen atoms in total. The Balaban J connectivity index is 1.27. The summed E-state index contributed by atoms with van der Waals surface area (Å²) >= 11 is 0. The second-order valence-corrected chi connectivity index (χ2v) is 8.18. The number of amides is 1. The number of rotatable bonds is 6. The molecule has 1 saturated heterocycles. The highest BCUT2D eigenvalue weighted by Gasteiger charge is 2.18. The number of phenols is 1. The Morgan fingerprint density at radius 3 is 2.72 bits per heavy atom. The Hall–Kier alpha value is -3.45. The number of halogens is 1. The van der Waals surface area contributed by atoms with Gasteiger partial charge in [-0.1, -0.05) is 18.2 Å². The topological polar surface area (TPSA) is 70.4 Å². The van der Waals surface area contributed by atoms with Crippen molar-refractivity contribution in [2.75, 3.05) is 18.4 Å². The molecule has 1 fully saturated rings. The predicted octanol–water partition coefficient (Wildman–Crippen LogP) is 4.43. The number of aromatic nitrogens is 2. The number of allylic oxidation sites excluding steroid dienone is 1. The zero-order valence-electron chi connectivity index (χ0n) is 18.0. The molecule has 2 heterocycles. The fourth-order valence-corrected chi connectivity index (χ4v) is 4.00. The Morgan fingerprint density at radius 2 is 2.03 bits per heavy atom. The zero-order valence-corrected chi connectivity index (χ0v) is 18.0. The number of aromatic hydroxyl groups is 1. The monoisotopic (exact) mass is 434 g/mol. The van der Waals surface area contributed by atoms with Gasteiger partial charge < -0.3 is 10.4 Å². The normalized spacial score (nSPS) is 15.3. The van der Waals surface area contributed by atoms with E-state index in [-0.39, 0.29) is 17.5 Å². The van der Waals surface area contributed by atoms with Gasteiger partial charge in [0.2, 0.25) is 5.91 Å². The predicted molar refractivity (Wildman–Crippen MR) is 122 cm³/mol. The van der Waals surface area contributed by atoms with Crippen LogP contribution in [0.1, 0.15) is 24.1 Å². The van der Waals surface area contributed by atoms with Crippen LogP contribution in [0.15, 0.2) is 66.9 Å². The van der Waals surface area contributed by atoms with Gasteiger partial charge in [-0.15, -0.1) is 0 Å². The fraction of sp³-hybridized carbons (Fsp3) is 0.280. The van der Waals surface area contributed by atoms with Crippen molar-refractivity contribution in [3.63, 3.8) is 0 Å². The van der Waals surface area contributed by atoms with Gasteiger partial charge in [0, 0.05) is 24.1 Å². The minimum absolute atomic E-state index is 0.219. The third kappa shape index (κ3) is 5.42. The summed E-state index contributed by atoms with van der Waals surface area (Å²) in [5, 5.41) is 17.4. The van der Waals surface area contributed by atoms with Crippen LogP contribution in [0.3, 0.4) is 0 Å². The average molecular weight is 435 g/mol. The molecule has 7 heteroatoms. The summed E-state index contributed by atoms with van der Waals surface area (Å²) in [5.74, 6) is -0.0702. The number of carbonyl (C=O) groups excluding carboxylic acids is 1.